The van der Waals surface area contributed by atoms with Crippen LogP contribution in [0.4, 0.5) is 5.69 Å². The fourth-order valence-corrected chi connectivity index (χ4v) is 3.16. The van der Waals surface area contributed by atoms with E-state index >= 15 is 0 Å². The van der Waals surface area contributed by atoms with Gasteiger partial charge in [0.15, 0.2) is 6.79 Å². The van der Waals surface area contributed by atoms with Crippen LogP contribution in [0.15, 0.2) is 23.1 Å². The van der Waals surface area contributed by atoms with E-state index in [1.54, 1.807) is 11.0 Å². The third-order valence-corrected chi connectivity index (χ3v) is 4.40. The summed E-state index contributed by atoms with van der Waals surface area (Å²) < 4.78 is 34.2. The number of rotatable bonds is 7. The first-order valence-corrected chi connectivity index (χ1v) is 8.09. The standard InChI is InChI=1S/C13H18N2O6S/c1-19-9-21-14-22(17,18)12-8-10(5-6-11(12)20-2)15-7-3-4-13(15)16/h5-6,8,14H,3-4,7,9H2,1-2H3. The molecule has 0 aliphatic carbocycles. The van der Waals surface area contributed by atoms with Gasteiger partial charge in [0.05, 0.1) is 7.11 Å². The lowest BCUT2D eigenvalue weighted by Gasteiger charge is -2.18. The van der Waals surface area contributed by atoms with E-state index < -0.39 is 10.0 Å². The number of nitrogens with zero attached hydrogens (tertiary/aromatic N) is 1. The molecule has 22 heavy (non-hydrogen) atoms. The van der Waals surface area contributed by atoms with Crippen LogP contribution in [-0.4, -0.2) is 41.9 Å². The van der Waals surface area contributed by atoms with Crippen LogP contribution in [0.25, 0.3) is 0 Å². The second-order valence-corrected chi connectivity index (χ2v) is 6.24. The van der Waals surface area contributed by atoms with Crippen molar-refractivity contribution in [3.63, 3.8) is 0 Å². The minimum absolute atomic E-state index is 0.0305. The lowest BCUT2D eigenvalue weighted by atomic mass is 10.3. The number of sulfonamides is 1. The fraction of sp³-hybridized carbons (Fsp3) is 0.462. The van der Waals surface area contributed by atoms with Crippen molar-refractivity contribution < 1.29 is 27.5 Å². The molecule has 0 radical (unpaired) electrons. The predicted octanol–water partition coefficient (Wildman–Crippen LogP) is 0.636. The minimum atomic E-state index is -3.96. The molecule has 1 N–H and O–H groups in total. The van der Waals surface area contributed by atoms with E-state index in [9.17, 15) is 13.2 Å². The van der Waals surface area contributed by atoms with Gasteiger partial charge in [0, 0.05) is 25.8 Å². The van der Waals surface area contributed by atoms with Crippen LogP contribution in [0.5, 0.6) is 5.75 Å². The van der Waals surface area contributed by atoms with Crippen LogP contribution in [-0.2, 0) is 24.4 Å². The first-order valence-electron chi connectivity index (χ1n) is 6.60. The highest BCUT2D eigenvalue weighted by Gasteiger charge is 2.26. The van der Waals surface area contributed by atoms with E-state index in [-0.39, 0.29) is 23.3 Å². The summed E-state index contributed by atoms with van der Waals surface area (Å²) >= 11 is 0. The third-order valence-electron chi connectivity index (χ3n) is 3.17. The Morgan fingerprint density at radius 3 is 2.68 bits per heavy atom. The van der Waals surface area contributed by atoms with Crippen molar-refractivity contribution in [1.29, 1.82) is 0 Å². The van der Waals surface area contributed by atoms with Crippen molar-refractivity contribution in [3.8, 4) is 5.75 Å². The molecule has 0 spiro atoms. The maximum atomic E-state index is 12.3. The largest absolute Gasteiger partial charge is 0.495 e. The summed E-state index contributed by atoms with van der Waals surface area (Å²) in [4.78, 5) is 19.9. The highest BCUT2D eigenvalue weighted by molar-refractivity contribution is 7.89. The first kappa shape index (κ1) is 16.7. The third kappa shape index (κ3) is 3.55. The summed E-state index contributed by atoms with van der Waals surface area (Å²) in [5.41, 5.74) is 0.510. The summed E-state index contributed by atoms with van der Waals surface area (Å²) in [6, 6.07) is 4.55. The number of hydrogen-bond donors (Lipinski definition) is 1. The molecule has 0 bridgehead atoms. The number of benzene rings is 1. The first-order chi connectivity index (χ1) is 10.5. The Balaban J connectivity index is 2.34. The smallest absolute Gasteiger partial charge is 0.266 e. The van der Waals surface area contributed by atoms with Gasteiger partial charge in [-0.2, -0.15) is 0 Å². The summed E-state index contributed by atoms with van der Waals surface area (Å²) in [7, 11) is -1.22. The van der Waals surface area contributed by atoms with Crippen molar-refractivity contribution >= 4 is 21.6 Å². The number of amides is 1. The van der Waals surface area contributed by atoms with Gasteiger partial charge in [0.25, 0.3) is 10.0 Å². The number of methoxy groups -OCH3 is 2. The molecule has 8 nitrogen and oxygen atoms in total. The Morgan fingerprint density at radius 1 is 1.32 bits per heavy atom. The molecule has 9 heteroatoms. The summed E-state index contributed by atoms with van der Waals surface area (Å²) in [5, 5.41) is 0. The van der Waals surface area contributed by atoms with Crippen LogP contribution in [0, 0.1) is 0 Å². The van der Waals surface area contributed by atoms with E-state index in [1.165, 1.54) is 26.4 Å². The maximum Gasteiger partial charge on any atom is 0.266 e. The van der Waals surface area contributed by atoms with Gasteiger partial charge in [-0.3, -0.25) is 9.63 Å². The summed E-state index contributed by atoms with van der Waals surface area (Å²) in [6.07, 6.45) is 1.21. The molecule has 0 atom stereocenters. The quantitative estimate of drug-likeness (QED) is 0.448. The predicted molar refractivity (Wildman–Crippen MR) is 77.9 cm³/mol. The topological polar surface area (TPSA) is 94.2 Å². The molecule has 1 aromatic rings. The van der Waals surface area contributed by atoms with Crippen molar-refractivity contribution in [2.24, 2.45) is 0 Å². The molecule has 122 valence electrons. The second kappa shape index (κ2) is 7.05. The molecular formula is C13H18N2O6S. The van der Waals surface area contributed by atoms with E-state index in [0.717, 1.165) is 6.42 Å². The number of carbonyl (C=O) groups is 1. The van der Waals surface area contributed by atoms with Gasteiger partial charge < -0.3 is 14.4 Å². The molecule has 1 amide bonds. The fourth-order valence-electron chi connectivity index (χ4n) is 2.17. The van der Waals surface area contributed by atoms with Crippen LogP contribution < -0.4 is 14.5 Å². The van der Waals surface area contributed by atoms with Gasteiger partial charge in [-0.05, 0) is 24.6 Å². The van der Waals surface area contributed by atoms with Crippen LogP contribution in [0.1, 0.15) is 12.8 Å². The molecule has 0 unspecified atom stereocenters. The average molecular weight is 330 g/mol. The minimum Gasteiger partial charge on any atom is -0.495 e. The number of ether oxygens (including phenoxy) is 2. The lowest BCUT2D eigenvalue weighted by molar-refractivity contribution is -0.117. The number of hydrogen-bond acceptors (Lipinski definition) is 6. The maximum absolute atomic E-state index is 12.3. The normalized spacial score (nSPS) is 15.4. The second-order valence-electron chi connectivity index (χ2n) is 4.62. The molecular weight excluding hydrogens is 312 g/mol. The van der Waals surface area contributed by atoms with Crippen LogP contribution >= 0.6 is 0 Å². The van der Waals surface area contributed by atoms with Gasteiger partial charge in [-0.25, -0.2) is 8.42 Å². The number of carbonyl (C=O) groups excluding carboxylic acids is 1. The molecule has 0 saturated carbocycles. The highest BCUT2D eigenvalue weighted by atomic mass is 32.2. The number of nitrogens with one attached hydrogen (secondary N) is 1. The van der Waals surface area contributed by atoms with Gasteiger partial charge in [-0.15, -0.1) is 0 Å². The van der Waals surface area contributed by atoms with Crippen LogP contribution in [0.3, 0.4) is 0 Å². The Labute approximate surface area is 129 Å². The zero-order valence-corrected chi connectivity index (χ0v) is 13.2. The Hall–Kier alpha value is -1.68. The Bertz CT molecular complexity index is 646. The molecule has 1 saturated heterocycles. The molecule has 2 rings (SSSR count). The van der Waals surface area contributed by atoms with Gasteiger partial charge in [-0.1, -0.05) is 4.89 Å². The molecule has 1 aliphatic heterocycles. The van der Waals surface area contributed by atoms with Crippen molar-refractivity contribution in [2.75, 3.05) is 32.5 Å². The lowest BCUT2D eigenvalue weighted by Crippen LogP contribution is -2.27. The Kier molecular flexibility index (Phi) is 5.35. The van der Waals surface area contributed by atoms with Crippen LogP contribution in [0.2, 0.25) is 0 Å². The monoisotopic (exact) mass is 330 g/mol. The summed E-state index contributed by atoms with van der Waals surface area (Å²) in [6.45, 7) is 0.337. The van der Waals surface area contributed by atoms with E-state index in [2.05, 4.69) is 4.74 Å². The molecule has 1 aliphatic rings. The van der Waals surface area contributed by atoms with Gasteiger partial charge in [0.2, 0.25) is 5.91 Å². The highest BCUT2D eigenvalue weighted by Crippen LogP contribution is 2.30. The molecule has 1 fully saturated rings. The average Bonchev–Trinajstić information content (AvgIpc) is 2.93. The zero-order valence-electron chi connectivity index (χ0n) is 12.4. The van der Waals surface area contributed by atoms with Gasteiger partial charge in [0.1, 0.15) is 10.6 Å². The molecule has 1 heterocycles. The van der Waals surface area contributed by atoms with Gasteiger partial charge >= 0.3 is 0 Å². The Morgan fingerprint density at radius 2 is 2.09 bits per heavy atom. The summed E-state index contributed by atoms with van der Waals surface area (Å²) in [5.74, 6) is 0.126. The van der Waals surface area contributed by atoms with Crippen molar-refractivity contribution in [2.45, 2.75) is 17.7 Å². The van der Waals surface area contributed by atoms with Crippen molar-refractivity contribution in [1.82, 2.24) is 4.89 Å². The zero-order chi connectivity index (χ0) is 16.2. The van der Waals surface area contributed by atoms with E-state index in [4.69, 9.17) is 9.57 Å². The van der Waals surface area contributed by atoms with E-state index in [1.807, 2.05) is 4.89 Å². The molecule has 1 aromatic carbocycles. The SMILES string of the molecule is COCONS(=O)(=O)c1cc(N2CCCC2=O)ccc1OC. The molecule has 0 aromatic heterocycles. The van der Waals surface area contributed by atoms with Crippen molar-refractivity contribution in [3.05, 3.63) is 18.2 Å². The number of anilines is 1. The van der Waals surface area contributed by atoms with E-state index in [0.29, 0.717) is 18.7 Å².